The van der Waals surface area contributed by atoms with Crippen LogP contribution in [0.3, 0.4) is 0 Å². The van der Waals surface area contributed by atoms with E-state index in [1.807, 2.05) is 30.3 Å². The van der Waals surface area contributed by atoms with Crippen molar-refractivity contribution in [2.75, 3.05) is 7.11 Å². The fraction of sp³-hybridized carbons (Fsp3) is 0.176. The summed E-state index contributed by atoms with van der Waals surface area (Å²) in [7, 11) is 1.32. The number of halogens is 1. The van der Waals surface area contributed by atoms with Crippen molar-refractivity contribution in [2.24, 2.45) is 0 Å². The smallest absolute Gasteiger partial charge is 0.306 e. The minimum absolute atomic E-state index is 0.0158. The summed E-state index contributed by atoms with van der Waals surface area (Å²) in [6.07, 6.45) is 0.0158. The maximum Gasteiger partial charge on any atom is 0.306 e. The number of hydrogen-bond acceptors (Lipinski definition) is 3. The van der Waals surface area contributed by atoms with Gasteiger partial charge in [-0.05, 0) is 29.8 Å². The lowest BCUT2D eigenvalue weighted by molar-refractivity contribution is -0.140. The fourth-order valence-corrected chi connectivity index (χ4v) is 2.24. The fourth-order valence-electron chi connectivity index (χ4n) is 2.11. The molecule has 0 radical (unpaired) electrons. The topological polar surface area (TPSA) is 43.4 Å². The number of esters is 1. The van der Waals surface area contributed by atoms with Crippen LogP contribution in [-0.4, -0.2) is 18.9 Å². The first-order valence-corrected chi connectivity index (χ1v) is 6.91. The molecule has 0 amide bonds. The van der Waals surface area contributed by atoms with Crippen molar-refractivity contribution >= 4 is 23.4 Å². The first-order chi connectivity index (χ1) is 10.1. The summed E-state index contributed by atoms with van der Waals surface area (Å²) in [6.45, 7) is 0. The van der Waals surface area contributed by atoms with Crippen LogP contribution in [0.4, 0.5) is 0 Å². The highest BCUT2D eigenvalue weighted by atomic mass is 35.5. The minimum Gasteiger partial charge on any atom is -0.469 e. The molecule has 1 atom stereocenters. The molecule has 0 aromatic heterocycles. The number of carbonyl (C=O) groups is 2. The Morgan fingerprint density at radius 3 is 2.24 bits per heavy atom. The average Bonchev–Trinajstić information content (AvgIpc) is 2.53. The van der Waals surface area contributed by atoms with E-state index in [9.17, 15) is 9.59 Å². The zero-order valence-electron chi connectivity index (χ0n) is 11.6. The molecule has 0 heterocycles. The second-order valence-corrected chi connectivity index (χ2v) is 5.05. The monoisotopic (exact) mass is 302 g/mol. The van der Waals surface area contributed by atoms with Crippen molar-refractivity contribution in [1.82, 2.24) is 0 Å². The lowest BCUT2D eigenvalue weighted by Gasteiger charge is -2.15. The maximum atomic E-state index is 12.7. The molecule has 2 rings (SSSR count). The number of rotatable bonds is 5. The van der Waals surface area contributed by atoms with E-state index in [1.165, 1.54) is 7.11 Å². The van der Waals surface area contributed by atoms with Crippen LogP contribution in [0.15, 0.2) is 54.6 Å². The van der Waals surface area contributed by atoms with Crippen LogP contribution in [0.5, 0.6) is 0 Å². The van der Waals surface area contributed by atoms with Gasteiger partial charge < -0.3 is 4.74 Å². The van der Waals surface area contributed by atoms with E-state index < -0.39 is 11.9 Å². The molecule has 0 aliphatic heterocycles. The van der Waals surface area contributed by atoms with Crippen LogP contribution in [0.2, 0.25) is 5.02 Å². The maximum absolute atomic E-state index is 12.7. The molecule has 1 unspecified atom stereocenters. The third-order valence-corrected chi connectivity index (χ3v) is 3.50. The Labute approximate surface area is 128 Å². The molecule has 0 spiro atoms. The minimum atomic E-state index is -0.556. The standard InChI is InChI=1S/C17H15ClO3/c1-21-16(19)11-15(12-5-3-2-4-6-12)17(20)13-7-9-14(18)10-8-13/h2-10,15H,11H2,1H3. The van der Waals surface area contributed by atoms with Crippen molar-refractivity contribution in [3.05, 3.63) is 70.7 Å². The van der Waals surface area contributed by atoms with E-state index in [1.54, 1.807) is 24.3 Å². The summed E-state index contributed by atoms with van der Waals surface area (Å²) in [5.41, 5.74) is 1.32. The Kier molecular flexibility index (Phi) is 5.12. The molecule has 2 aromatic carbocycles. The summed E-state index contributed by atoms with van der Waals surface area (Å²) in [5.74, 6) is -1.09. The zero-order valence-corrected chi connectivity index (χ0v) is 12.3. The van der Waals surface area contributed by atoms with Crippen molar-refractivity contribution in [1.29, 1.82) is 0 Å². The Hall–Kier alpha value is -2.13. The van der Waals surface area contributed by atoms with Crippen LogP contribution >= 0.6 is 11.6 Å². The predicted octanol–water partition coefficient (Wildman–Crippen LogP) is 3.87. The first kappa shape index (κ1) is 15.3. The number of hydrogen-bond donors (Lipinski definition) is 0. The van der Waals surface area contributed by atoms with Crippen LogP contribution in [0, 0.1) is 0 Å². The molecule has 21 heavy (non-hydrogen) atoms. The third kappa shape index (κ3) is 3.92. The summed E-state index contributed by atoms with van der Waals surface area (Å²) in [4.78, 5) is 24.2. The van der Waals surface area contributed by atoms with Crippen molar-refractivity contribution < 1.29 is 14.3 Å². The van der Waals surface area contributed by atoms with E-state index >= 15 is 0 Å². The predicted molar refractivity (Wildman–Crippen MR) is 81.6 cm³/mol. The Morgan fingerprint density at radius 2 is 1.67 bits per heavy atom. The number of ketones is 1. The van der Waals surface area contributed by atoms with Gasteiger partial charge in [0, 0.05) is 10.6 Å². The van der Waals surface area contributed by atoms with Crippen LogP contribution in [-0.2, 0) is 9.53 Å². The van der Waals surface area contributed by atoms with Gasteiger partial charge in [0.1, 0.15) is 0 Å². The van der Waals surface area contributed by atoms with E-state index in [4.69, 9.17) is 16.3 Å². The first-order valence-electron chi connectivity index (χ1n) is 6.53. The molecule has 0 N–H and O–H groups in total. The van der Waals surface area contributed by atoms with Gasteiger partial charge in [-0.1, -0.05) is 41.9 Å². The van der Waals surface area contributed by atoms with E-state index in [0.29, 0.717) is 10.6 Å². The Bertz CT molecular complexity index is 620. The summed E-state index contributed by atoms with van der Waals surface area (Å²) < 4.78 is 4.70. The van der Waals surface area contributed by atoms with Gasteiger partial charge in [-0.2, -0.15) is 0 Å². The molecule has 0 saturated heterocycles. The molecule has 0 fully saturated rings. The SMILES string of the molecule is COC(=O)CC(C(=O)c1ccc(Cl)cc1)c1ccccc1. The molecule has 0 bridgehead atoms. The largest absolute Gasteiger partial charge is 0.469 e. The van der Waals surface area contributed by atoms with Gasteiger partial charge in [0.2, 0.25) is 0 Å². The van der Waals surface area contributed by atoms with Crippen LogP contribution in [0.1, 0.15) is 28.3 Å². The summed E-state index contributed by atoms with van der Waals surface area (Å²) in [5, 5.41) is 0.566. The van der Waals surface area contributed by atoms with Gasteiger partial charge in [0.25, 0.3) is 0 Å². The molecule has 108 valence electrons. The molecule has 4 heteroatoms. The lowest BCUT2D eigenvalue weighted by atomic mass is 9.88. The Balaban J connectivity index is 2.32. The van der Waals surface area contributed by atoms with E-state index in [2.05, 4.69) is 0 Å². The van der Waals surface area contributed by atoms with Gasteiger partial charge in [0.15, 0.2) is 5.78 Å². The van der Waals surface area contributed by atoms with Crippen molar-refractivity contribution in [3.63, 3.8) is 0 Å². The van der Waals surface area contributed by atoms with Crippen LogP contribution in [0.25, 0.3) is 0 Å². The molecule has 3 nitrogen and oxygen atoms in total. The Morgan fingerprint density at radius 1 is 1.05 bits per heavy atom. The van der Waals surface area contributed by atoms with Gasteiger partial charge >= 0.3 is 5.97 Å². The molecule has 0 aliphatic rings. The van der Waals surface area contributed by atoms with Gasteiger partial charge in [-0.3, -0.25) is 9.59 Å². The number of ether oxygens (including phenoxy) is 1. The molecule has 2 aromatic rings. The third-order valence-electron chi connectivity index (χ3n) is 3.25. The van der Waals surface area contributed by atoms with E-state index in [0.717, 1.165) is 5.56 Å². The van der Waals surface area contributed by atoms with Gasteiger partial charge in [0.05, 0.1) is 19.4 Å². The van der Waals surface area contributed by atoms with Gasteiger partial charge in [-0.15, -0.1) is 0 Å². The number of carbonyl (C=O) groups excluding carboxylic acids is 2. The normalized spacial score (nSPS) is 11.7. The average molecular weight is 303 g/mol. The zero-order chi connectivity index (χ0) is 15.2. The van der Waals surface area contributed by atoms with Crippen molar-refractivity contribution in [2.45, 2.75) is 12.3 Å². The van der Waals surface area contributed by atoms with Crippen molar-refractivity contribution in [3.8, 4) is 0 Å². The summed E-state index contributed by atoms with van der Waals surface area (Å²) in [6, 6.07) is 15.9. The van der Waals surface area contributed by atoms with Crippen LogP contribution < -0.4 is 0 Å². The number of Topliss-reactive ketones (excluding diaryl/α,β-unsaturated/α-hetero) is 1. The van der Waals surface area contributed by atoms with E-state index in [-0.39, 0.29) is 12.2 Å². The summed E-state index contributed by atoms with van der Waals surface area (Å²) >= 11 is 5.83. The number of methoxy groups -OCH3 is 1. The highest BCUT2D eigenvalue weighted by Gasteiger charge is 2.25. The second kappa shape index (κ2) is 7.04. The molecule has 0 saturated carbocycles. The molecular formula is C17H15ClO3. The second-order valence-electron chi connectivity index (χ2n) is 4.61. The number of benzene rings is 2. The lowest BCUT2D eigenvalue weighted by Crippen LogP contribution is -2.18. The quantitative estimate of drug-likeness (QED) is 0.622. The highest BCUT2D eigenvalue weighted by Crippen LogP contribution is 2.25. The highest BCUT2D eigenvalue weighted by molar-refractivity contribution is 6.30. The van der Waals surface area contributed by atoms with Gasteiger partial charge in [-0.25, -0.2) is 0 Å². The molecular weight excluding hydrogens is 288 g/mol. The molecule has 0 aliphatic carbocycles.